The Hall–Kier alpha value is -2.54. The SMILES string of the molecule is COc1ccc(C(C)N2CCN(C(=O)c3ccc(C(F)(F)F)cc3)CC23CC3)c(C)c1C. The van der Waals surface area contributed by atoms with E-state index in [4.69, 9.17) is 4.74 Å². The van der Waals surface area contributed by atoms with E-state index in [-0.39, 0.29) is 17.5 Å². The normalized spacial score (nSPS) is 19.2. The molecule has 1 heterocycles. The topological polar surface area (TPSA) is 32.8 Å². The Kier molecular flexibility index (Phi) is 5.74. The molecule has 1 aliphatic carbocycles. The molecule has 2 aromatic rings. The van der Waals surface area contributed by atoms with E-state index >= 15 is 0 Å². The smallest absolute Gasteiger partial charge is 0.416 e. The summed E-state index contributed by atoms with van der Waals surface area (Å²) in [6.45, 7) is 8.29. The Labute approximate surface area is 187 Å². The third-order valence-corrected chi connectivity index (χ3v) is 7.20. The average molecular weight is 447 g/mol. The molecule has 1 unspecified atom stereocenters. The van der Waals surface area contributed by atoms with Crippen molar-refractivity contribution in [2.75, 3.05) is 26.7 Å². The zero-order valence-electron chi connectivity index (χ0n) is 18.9. The van der Waals surface area contributed by atoms with Crippen LogP contribution in [0.25, 0.3) is 0 Å². The predicted octanol–water partition coefficient (Wildman–Crippen LogP) is 5.38. The third-order valence-electron chi connectivity index (χ3n) is 7.20. The molecule has 172 valence electrons. The highest BCUT2D eigenvalue weighted by Crippen LogP contribution is 2.49. The molecule has 4 rings (SSSR count). The number of hydrogen-bond donors (Lipinski definition) is 0. The molecule has 2 aromatic carbocycles. The van der Waals surface area contributed by atoms with Crippen LogP contribution in [-0.4, -0.2) is 48.0 Å². The molecular formula is C25H29F3N2O2. The van der Waals surface area contributed by atoms with Crippen molar-refractivity contribution in [2.24, 2.45) is 0 Å². The molecular weight excluding hydrogens is 417 g/mol. The molecule has 32 heavy (non-hydrogen) atoms. The zero-order chi connectivity index (χ0) is 23.3. The number of benzene rings is 2. The fourth-order valence-corrected chi connectivity index (χ4v) is 5.00. The maximum Gasteiger partial charge on any atom is 0.416 e. The monoisotopic (exact) mass is 446 g/mol. The van der Waals surface area contributed by atoms with Gasteiger partial charge in [0, 0.05) is 36.8 Å². The van der Waals surface area contributed by atoms with Crippen molar-refractivity contribution in [1.82, 2.24) is 9.80 Å². The molecule has 1 aliphatic heterocycles. The maximum absolute atomic E-state index is 13.0. The number of hydrogen-bond acceptors (Lipinski definition) is 3. The van der Waals surface area contributed by atoms with Crippen molar-refractivity contribution in [3.05, 3.63) is 64.2 Å². The van der Waals surface area contributed by atoms with Crippen molar-refractivity contribution in [2.45, 2.75) is 51.4 Å². The highest BCUT2D eigenvalue weighted by atomic mass is 19.4. The number of carbonyl (C=O) groups excluding carboxylic acids is 1. The first kappa shape index (κ1) is 22.6. The molecule has 0 aromatic heterocycles. The minimum atomic E-state index is -4.40. The molecule has 1 saturated carbocycles. The lowest BCUT2D eigenvalue weighted by Crippen LogP contribution is -2.57. The fourth-order valence-electron chi connectivity index (χ4n) is 5.00. The molecule has 1 amide bonds. The molecule has 0 N–H and O–H groups in total. The molecule has 0 radical (unpaired) electrons. The number of piperazine rings is 1. The van der Waals surface area contributed by atoms with Crippen LogP contribution in [0.5, 0.6) is 5.75 Å². The van der Waals surface area contributed by atoms with Crippen LogP contribution in [0.4, 0.5) is 13.2 Å². The number of methoxy groups -OCH3 is 1. The number of rotatable bonds is 4. The molecule has 7 heteroatoms. The van der Waals surface area contributed by atoms with Gasteiger partial charge >= 0.3 is 6.18 Å². The van der Waals surface area contributed by atoms with Gasteiger partial charge in [-0.15, -0.1) is 0 Å². The highest BCUT2D eigenvalue weighted by molar-refractivity contribution is 5.94. The van der Waals surface area contributed by atoms with Gasteiger partial charge in [-0.25, -0.2) is 0 Å². The van der Waals surface area contributed by atoms with Crippen LogP contribution in [0.15, 0.2) is 36.4 Å². The lowest BCUT2D eigenvalue weighted by atomic mass is 9.94. The second-order valence-electron chi connectivity index (χ2n) is 9.00. The lowest BCUT2D eigenvalue weighted by Gasteiger charge is -2.45. The molecule has 0 bridgehead atoms. The molecule has 2 fully saturated rings. The molecule has 2 aliphatic rings. The van der Waals surface area contributed by atoms with E-state index in [1.807, 2.05) is 6.07 Å². The van der Waals surface area contributed by atoms with Crippen LogP contribution in [0.1, 0.15) is 58.4 Å². The number of amides is 1. The van der Waals surface area contributed by atoms with E-state index in [0.717, 1.165) is 42.8 Å². The van der Waals surface area contributed by atoms with E-state index in [0.29, 0.717) is 18.7 Å². The Balaban J connectivity index is 1.50. The van der Waals surface area contributed by atoms with Crippen molar-refractivity contribution in [3.63, 3.8) is 0 Å². The first-order valence-electron chi connectivity index (χ1n) is 10.9. The van der Waals surface area contributed by atoms with Crippen LogP contribution < -0.4 is 4.74 Å². The van der Waals surface area contributed by atoms with E-state index < -0.39 is 11.7 Å². The molecule has 1 saturated heterocycles. The maximum atomic E-state index is 13.0. The lowest BCUT2D eigenvalue weighted by molar-refractivity contribution is -0.137. The van der Waals surface area contributed by atoms with Gasteiger partial charge in [0.1, 0.15) is 5.75 Å². The second kappa shape index (κ2) is 8.10. The van der Waals surface area contributed by atoms with Crippen molar-refractivity contribution >= 4 is 5.91 Å². The number of ether oxygens (including phenoxy) is 1. The molecule has 1 atom stereocenters. The predicted molar refractivity (Wildman–Crippen MR) is 117 cm³/mol. The van der Waals surface area contributed by atoms with Crippen LogP contribution >= 0.6 is 0 Å². The van der Waals surface area contributed by atoms with Gasteiger partial charge in [0.15, 0.2) is 0 Å². The summed E-state index contributed by atoms with van der Waals surface area (Å²) in [7, 11) is 1.68. The van der Waals surface area contributed by atoms with Crippen LogP contribution in [-0.2, 0) is 6.18 Å². The highest BCUT2D eigenvalue weighted by Gasteiger charge is 2.53. The van der Waals surface area contributed by atoms with Gasteiger partial charge in [0.05, 0.1) is 12.7 Å². The van der Waals surface area contributed by atoms with E-state index in [2.05, 4.69) is 31.7 Å². The first-order chi connectivity index (χ1) is 15.1. The zero-order valence-corrected chi connectivity index (χ0v) is 18.9. The van der Waals surface area contributed by atoms with Gasteiger partial charge in [-0.2, -0.15) is 13.2 Å². The van der Waals surface area contributed by atoms with Gasteiger partial charge in [-0.3, -0.25) is 9.69 Å². The average Bonchev–Trinajstić information content (AvgIpc) is 3.53. The summed E-state index contributed by atoms with van der Waals surface area (Å²) in [5.74, 6) is 0.681. The van der Waals surface area contributed by atoms with E-state index in [1.165, 1.54) is 23.3 Å². The minimum Gasteiger partial charge on any atom is -0.496 e. The molecule has 4 nitrogen and oxygen atoms in total. The quantitative estimate of drug-likeness (QED) is 0.632. The summed E-state index contributed by atoms with van der Waals surface area (Å²) in [6.07, 6.45) is -2.37. The number of nitrogens with zero attached hydrogens (tertiary/aromatic N) is 2. The largest absolute Gasteiger partial charge is 0.496 e. The summed E-state index contributed by atoms with van der Waals surface area (Å²) in [4.78, 5) is 17.3. The van der Waals surface area contributed by atoms with Crippen molar-refractivity contribution in [1.29, 1.82) is 0 Å². The van der Waals surface area contributed by atoms with Crippen LogP contribution in [0.2, 0.25) is 0 Å². The van der Waals surface area contributed by atoms with Gasteiger partial charge in [0.2, 0.25) is 0 Å². The van der Waals surface area contributed by atoms with Crippen molar-refractivity contribution < 1.29 is 22.7 Å². The van der Waals surface area contributed by atoms with Gasteiger partial charge < -0.3 is 9.64 Å². The Morgan fingerprint density at radius 2 is 1.69 bits per heavy atom. The summed E-state index contributed by atoms with van der Waals surface area (Å²) < 4.78 is 43.9. The standard InChI is InChI=1S/C25H29F3N2O2/c1-16-17(2)22(32-4)10-9-21(16)18(3)30-14-13-29(15-24(30)11-12-24)23(31)19-5-7-20(8-6-19)25(26,27)28/h5-10,18H,11-15H2,1-4H3. The van der Waals surface area contributed by atoms with Gasteiger partial charge in [-0.05, 0) is 80.6 Å². The number of alkyl halides is 3. The number of halogens is 3. The Morgan fingerprint density at radius 1 is 1.03 bits per heavy atom. The van der Waals surface area contributed by atoms with Gasteiger partial charge in [-0.1, -0.05) is 6.07 Å². The minimum absolute atomic E-state index is 0.0560. The van der Waals surface area contributed by atoms with Crippen LogP contribution in [0.3, 0.4) is 0 Å². The van der Waals surface area contributed by atoms with Crippen LogP contribution in [0, 0.1) is 13.8 Å². The summed E-state index contributed by atoms with van der Waals surface area (Å²) in [5, 5.41) is 0. The van der Waals surface area contributed by atoms with Crippen molar-refractivity contribution in [3.8, 4) is 5.75 Å². The number of carbonyl (C=O) groups is 1. The molecule has 1 spiro atoms. The third kappa shape index (κ3) is 3.98. The summed E-state index contributed by atoms with van der Waals surface area (Å²) in [6, 6.07) is 8.86. The van der Waals surface area contributed by atoms with E-state index in [9.17, 15) is 18.0 Å². The summed E-state index contributed by atoms with van der Waals surface area (Å²) in [5.41, 5.74) is 3.12. The fraction of sp³-hybridized carbons (Fsp3) is 0.480. The second-order valence-corrected chi connectivity index (χ2v) is 9.00. The first-order valence-corrected chi connectivity index (χ1v) is 10.9. The Bertz CT molecular complexity index is 1010. The summed E-state index contributed by atoms with van der Waals surface area (Å²) >= 11 is 0. The Morgan fingerprint density at radius 3 is 2.25 bits per heavy atom. The van der Waals surface area contributed by atoms with Gasteiger partial charge in [0.25, 0.3) is 5.91 Å². The van der Waals surface area contributed by atoms with E-state index in [1.54, 1.807) is 12.0 Å².